The Hall–Kier alpha value is -1.84. The van der Waals surface area contributed by atoms with Crippen LogP contribution >= 0.6 is 0 Å². The van der Waals surface area contributed by atoms with Gasteiger partial charge in [-0.05, 0) is 24.6 Å². The molecule has 2 rings (SSSR count). The van der Waals surface area contributed by atoms with Crippen molar-refractivity contribution in [1.82, 2.24) is 4.98 Å². The fourth-order valence-corrected chi connectivity index (χ4v) is 3.29. The quantitative estimate of drug-likeness (QED) is 0.402. The number of amides is 1. The first-order chi connectivity index (χ1) is 12.7. The Labute approximate surface area is 157 Å². The first kappa shape index (κ1) is 20.5. The third-order valence-corrected chi connectivity index (χ3v) is 4.79. The summed E-state index contributed by atoms with van der Waals surface area (Å²) in [6.45, 7) is 4.08. The Morgan fingerprint density at radius 1 is 0.962 bits per heavy atom. The molecular formula is C22H34N2O2. The lowest BCUT2D eigenvalue weighted by atomic mass is 10.1. The number of carbonyl (C=O) groups is 1. The molecule has 0 aliphatic rings. The maximum absolute atomic E-state index is 12.1. The van der Waals surface area contributed by atoms with Crippen LogP contribution in [0.1, 0.15) is 89.9 Å². The van der Waals surface area contributed by atoms with Gasteiger partial charge in [-0.2, -0.15) is 0 Å². The third-order valence-electron chi connectivity index (χ3n) is 4.79. The van der Waals surface area contributed by atoms with E-state index in [4.69, 9.17) is 4.42 Å². The second-order valence-electron chi connectivity index (χ2n) is 7.25. The van der Waals surface area contributed by atoms with Crippen molar-refractivity contribution >= 4 is 22.7 Å². The maximum atomic E-state index is 12.1. The third kappa shape index (κ3) is 7.59. The van der Waals surface area contributed by atoms with Crippen molar-refractivity contribution in [1.29, 1.82) is 0 Å². The van der Waals surface area contributed by atoms with Gasteiger partial charge in [0.05, 0.1) is 0 Å². The second-order valence-corrected chi connectivity index (χ2v) is 7.25. The van der Waals surface area contributed by atoms with Gasteiger partial charge in [0.2, 0.25) is 5.91 Å². The Balaban J connectivity index is 1.51. The number of nitrogens with zero attached hydrogens (tertiary/aromatic N) is 1. The summed E-state index contributed by atoms with van der Waals surface area (Å²) < 4.78 is 5.45. The summed E-state index contributed by atoms with van der Waals surface area (Å²) in [6, 6.07) is 5.59. The Kier molecular flexibility index (Phi) is 9.22. The van der Waals surface area contributed by atoms with E-state index in [2.05, 4.69) is 17.2 Å². The minimum absolute atomic E-state index is 0.0838. The number of benzene rings is 1. The normalized spacial score (nSPS) is 11.2. The summed E-state index contributed by atoms with van der Waals surface area (Å²) in [5, 5.41) is 2.96. The van der Waals surface area contributed by atoms with Crippen molar-refractivity contribution < 1.29 is 9.21 Å². The fourth-order valence-electron chi connectivity index (χ4n) is 3.29. The average molecular weight is 359 g/mol. The van der Waals surface area contributed by atoms with Crippen molar-refractivity contribution in [2.24, 2.45) is 0 Å². The molecule has 0 saturated heterocycles. The van der Waals surface area contributed by atoms with Gasteiger partial charge in [0, 0.05) is 19.0 Å². The molecule has 1 heterocycles. The molecule has 0 saturated carbocycles. The van der Waals surface area contributed by atoms with Gasteiger partial charge in [0.1, 0.15) is 5.52 Å². The molecule has 1 N–H and O–H groups in total. The zero-order chi connectivity index (χ0) is 18.6. The van der Waals surface area contributed by atoms with Crippen molar-refractivity contribution in [2.45, 2.75) is 90.9 Å². The number of oxazole rings is 1. The van der Waals surface area contributed by atoms with E-state index in [9.17, 15) is 4.79 Å². The molecule has 1 aromatic carbocycles. The topological polar surface area (TPSA) is 55.1 Å². The summed E-state index contributed by atoms with van der Waals surface area (Å²) in [5.74, 6) is 0.727. The molecule has 0 atom stereocenters. The second kappa shape index (κ2) is 11.7. The summed E-state index contributed by atoms with van der Waals surface area (Å²) >= 11 is 0. The molecule has 0 radical (unpaired) electrons. The molecule has 2 aromatic rings. The monoisotopic (exact) mass is 358 g/mol. The average Bonchev–Trinajstić information content (AvgIpc) is 2.99. The van der Waals surface area contributed by atoms with E-state index < -0.39 is 0 Å². The number of carbonyl (C=O) groups excluding carboxylic acids is 1. The zero-order valence-corrected chi connectivity index (χ0v) is 16.5. The van der Waals surface area contributed by atoms with Crippen LogP contribution in [0.15, 0.2) is 22.6 Å². The van der Waals surface area contributed by atoms with E-state index >= 15 is 0 Å². The van der Waals surface area contributed by atoms with Crippen LogP contribution in [0.4, 0.5) is 5.69 Å². The molecule has 0 bridgehead atoms. The molecule has 0 aliphatic heterocycles. The van der Waals surface area contributed by atoms with Crippen molar-refractivity contribution in [2.75, 3.05) is 5.32 Å². The summed E-state index contributed by atoms with van der Waals surface area (Å²) in [7, 11) is 0. The van der Waals surface area contributed by atoms with Crippen LogP contribution in [0.2, 0.25) is 0 Å². The van der Waals surface area contributed by atoms with Gasteiger partial charge in [-0.3, -0.25) is 4.79 Å². The molecule has 0 aliphatic carbocycles. The SMILES string of the molecule is CCCCCCCCCCCCCC(=O)Nc1ccc2oc(C)nc2c1. The van der Waals surface area contributed by atoms with Crippen LogP contribution in [0.5, 0.6) is 0 Å². The largest absolute Gasteiger partial charge is 0.441 e. The van der Waals surface area contributed by atoms with Crippen molar-refractivity contribution in [3.05, 3.63) is 24.1 Å². The number of fused-ring (bicyclic) bond motifs is 1. The lowest BCUT2D eigenvalue weighted by molar-refractivity contribution is -0.116. The smallest absolute Gasteiger partial charge is 0.224 e. The number of anilines is 1. The van der Waals surface area contributed by atoms with Gasteiger partial charge in [-0.15, -0.1) is 0 Å². The number of rotatable bonds is 13. The molecular weight excluding hydrogens is 324 g/mol. The van der Waals surface area contributed by atoms with E-state index in [1.165, 1.54) is 57.8 Å². The van der Waals surface area contributed by atoms with E-state index in [1.54, 1.807) is 0 Å². The van der Waals surface area contributed by atoms with Crippen LogP contribution in [0.25, 0.3) is 11.1 Å². The van der Waals surface area contributed by atoms with Crippen LogP contribution in [0.3, 0.4) is 0 Å². The van der Waals surface area contributed by atoms with Crippen LogP contribution in [-0.4, -0.2) is 10.9 Å². The molecule has 0 spiro atoms. The maximum Gasteiger partial charge on any atom is 0.224 e. The Morgan fingerprint density at radius 2 is 1.58 bits per heavy atom. The highest BCUT2D eigenvalue weighted by atomic mass is 16.3. The minimum atomic E-state index is 0.0838. The van der Waals surface area contributed by atoms with E-state index in [0.29, 0.717) is 12.3 Å². The van der Waals surface area contributed by atoms with Gasteiger partial charge >= 0.3 is 0 Å². The fraction of sp³-hybridized carbons (Fsp3) is 0.636. The summed E-state index contributed by atoms with van der Waals surface area (Å²) in [5.41, 5.74) is 2.33. The molecule has 26 heavy (non-hydrogen) atoms. The molecule has 4 heteroatoms. The van der Waals surface area contributed by atoms with Crippen LogP contribution < -0.4 is 5.32 Å². The zero-order valence-electron chi connectivity index (χ0n) is 16.5. The number of hydrogen-bond acceptors (Lipinski definition) is 3. The molecule has 4 nitrogen and oxygen atoms in total. The van der Waals surface area contributed by atoms with E-state index in [0.717, 1.165) is 29.6 Å². The number of nitrogens with one attached hydrogen (secondary N) is 1. The Bertz CT molecular complexity index is 663. The molecule has 0 unspecified atom stereocenters. The molecule has 144 valence electrons. The van der Waals surface area contributed by atoms with Gasteiger partial charge in [-0.1, -0.05) is 71.1 Å². The first-order valence-electron chi connectivity index (χ1n) is 10.4. The van der Waals surface area contributed by atoms with Crippen molar-refractivity contribution in [3.63, 3.8) is 0 Å². The highest BCUT2D eigenvalue weighted by molar-refractivity contribution is 5.92. The van der Waals surface area contributed by atoms with E-state index in [-0.39, 0.29) is 5.91 Å². The van der Waals surface area contributed by atoms with Gasteiger partial charge in [0.15, 0.2) is 11.5 Å². The van der Waals surface area contributed by atoms with Crippen molar-refractivity contribution in [3.8, 4) is 0 Å². The van der Waals surface area contributed by atoms with Gasteiger partial charge < -0.3 is 9.73 Å². The summed E-state index contributed by atoms with van der Waals surface area (Å²) in [6.07, 6.45) is 14.8. The van der Waals surface area contributed by atoms with Crippen LogP contribution in [0, 0.1) is 6.92 Å². The van der Waals surface area contributed by atoms with Gasteiger partial charge in [0.25, 0.3) is 0 Å². The highest BCUT2D eigenvalue weighted by Gasteiger charge is 2.06. The highest BCUT2D eigenvalue weighted by Crippen LogP contribution is 2.20. The van der Waals surface area contributed by atoms with Gasteiger partial charge in [-0.25, -0.2) is 4.98 Å². The molecule has 0 fully saturated rings. The first-order valence-corrected chi connectivity index (χ1v) is 10.4. The van der Waals surface area contributed by atoms with E-state index in [1.807, 2.05) is 25.1 Å². The standard InChI is InChI=1S/C22H34N2O2/c1-3-4-5-6-7-8-9-10-11-12-13-14-22(25)24-19-15-16-21-20(17-19)23-18(2)26-21/h15-17H,3-14H2,1-2H3,(H,24,25). The summed E-state index contributed by atoms with van der Waals surface area (Å²) in [4.78, 5) is 16.4. The molecule has 1 aromatic heterocycles. The number of unbranched alkanes of at least 4 members (excludes halogenated alkanes) is 10. The van der Waals surface area contributed by atoms with Crippen LogP contribution in [-0.2, 0) is 4.79 Å². The number of aromatic nitrogens is 1. The Morgan fingerprint density at radius 3 is 2.23 bits per heavy atom. The lowest BCUT2D eigenvalue weighted by Crippen LogP contribution is -2.10. The minimum Gasteiger partial charge on any atom is -0.441 e. The predicted octanol–water partition coefficient (Wildman–Crippen LogP) is 6.78. The number of aryl methyl sites for hydroxylation is 1. The number of hydrogen-bond donors (Lipinski definition) is 1. The lowest BCUT2D eigenvalue weighted by Gasteiger charge is -2.05. The predicted molar refractivity (Wildman–Crippen MR) is 108 cm³/mol. The molecule has 1 amide bonds.